The van der Waals surface area contributed by atoms with Gasteiger partial charge in [0.15, 0.2) is 8.29 Å². The molecule has 3 nitrogen and oxygen atoms in total. The summed E-state index contributed by atoms with van der Waals surface area (Å²) in [5.41, 5.74) is 3.39. The smallest absolute Gasteiger partial charge is 0.184 e. The molecule has 7 heteroatoms. The van der Waals surface area contributed by atoms with Gasteiger partial charge in [-0.05, 0) is 29.9 Å². The van der Waals surface area contributed by atoms with E-state index in [4.69, 9.17) is 17.2 Å². The van der Waals surface area contributed by atoms with Crippen molar-refractivity contribution in [3.05, 3.63) is 86.3 Å². The Bertz CT molecular complexity index is 1040. The number of para-hydroxylation sites is 1. The van der Waals surface area contributed by atoms with Crippen LogP contribution in [0.5, 0.6) is 0 Å². The van der Waals surface area contributed by atoms with Gasteiger partial charge in [0.2, 0.25) is 0 Å². The van der Waals surface area contributed by atoms with Crippen LogP contribution in [-0.2, 0) is 12.2 Å². The first-order valence-corrected chi connectivity index (χ1v) is 11.1. The van der Waals surface area contributed by atoms with E-state index in [-0.39, 0.29) is 0 Å². The lowest BCUT2D eigenvalue weighted by molar-refractivity contribution is 0.829. The molecule has 0 aliphatic rings. The highest BCUT2D eigenvalue weighted by molar-refractivity contribution is 8.00. The Labute approximate surface area is 169 Å². The first kappa shape index (κ1) is 17.6. The minimum atomic E-state index is 0.766. The van der Waals surface area contributed by atoms with E-state index in [9.17, 15) is 0 Å². The number of rotatable bonds is 6. The molecule has 2 aromatic heterocycles. The lowest BCUT2D eigenvalue weighted by Crippen LogP contribution is -1.95. The molecule has 26 heavy (non-hydrogen) atoms. The van der Waals surface area contributed by atoms with Crippen LogP contribution in [0.25, 0.3) is 5.69 Å². The van der Waals surface area contributed by atoms with Crippen LogP contribution in [0.4, 0.5) is 0 Å². The number of aromatic nitrogens is 3. The van der Waals surface area contributed by atoms with Crippen LogP contribution in [0.1, 0.15) is 16.3 Å². The van der Waals surface area contributed by atoms with Crippen molar-refractivity contribution in [2.45, 2.75) is 16.5 Å². The van der Waals surface area contributed by atoms with Crippen LogP contribution in [0, 0.1) is 3.95 Å². The normalized spacial score (nSPS) is 10.9. The number of hydrogen-bond donors (Lipinski definition) is 0. The van der Waals surface area contributed by atoms with Crippen molar-refractivity contribution in [1.82, 2.24) is 14.8 Å². The zero-order valence-corrected chi connectivity index (χ0v) is 17.0. The topological polar surface area (TPSA) is 30.7 Å². The van der Waals surface area contributed by atoms with E-state index in [2.05, 4.69) is 34.7 Å². The van der Waals surface area contributed by atoms with Crippen LogP contribution < -0.4 is 0 Å². The molecule has 0 aliphatic carbocycles. The molecule has 0 fully saturated rings. The first-order chi connectivity index (χ1) is 12.8. The van der Waals surface area contributed by atoms with Gasteiger partial charge < -0.3 is 0 Å². The molecule has 4 rings (SSSR count). The minimum Gasteiger partial charge on any atom is -0.245 e. The maximum absolute atomic E-state index is 5.45. The zero-order chi connectivity index (χ0) is 17.8. The van der Waals surface area contributed by atoms with Crippen LogP contribution in [0.3, 0.4) is 0 Å². The van der Waals surface area contributed by atoms with Gasteiger partial charge in [0.25, 0.3) is 0 Å². The summed E-state index contributed by atoms with van der Waals surface area (Å²) in [6.45, 7) is 0. The van der Waals surface area contributed by atoms with Crippen molar-refractivity contribution in [3.8, 4) is 5.69 Å². The van der Waals surface area contributed by atoms with Gasteiger partial charge >= 0.3 is 0 Å². The summed E-state index contributed by atoms with van der Waals surface area (Å²) in [7, 11) is 0. The molecule has 0 N–H and O–H groups in total. The maximum atomic E-state index is 5.45. The van der Waals surface area contributed by atoms with Gasteiger partial charge in [-0.15, -0.1) is 16.4 Å². The average molecular weight is 414 g/mol. The van der Waals surface area contributed by atoms with Crippen molar-refractivity contribution < 1.29 is 0 Å². The SMILES string of the molecule is S=c1sc(SCc2csc(Cc3ccccc3)n2)nn1-c1ccccc1. The van der Waals surface area contributed by atoms with Crippen molar-refractivity contribution in [2.24, 2.45) is 0 Å². The van der Waals surface area contributed by atoms with E-state index in [1.54, 1.807) is 34.4 Å². The van der Waals surface area contributed by atoms with Gasteiger partial charge in [-0.1, -0.05) is 71.6 Å². The van der Waals surface area contributed by atoms with E-state index in [1.165, 1.54) is 5.56 Å². The number of benzene rings is 2. The predicted molar refractivity (Wildman–Crippen MR) is 113 cm³/mol. The number of thiazole rings is 1. The highest BCUT2D eigenvalue weighted by Crippen LogP contribution is 2.28. The fourth-order valence-electron chi connectivity index (χ4n) is 2.45. The molecular weight excluding hydrogens is 398 g/mol. The molecule has 0 spiro atoms. The largest absolute Gasteiger partial charge is 0.245 e. The van der Waals surface area contributed by atoms with E-state index in [0.717, 1.165) is 36.9 Å². The molecular formula is C19H15N3S4. The molecule has 0 radical (unpaired) electrons. The molecule has 0 unspecified atom stereocenters. The lowest BCUT2D eigenvalue weighted by atomic mass is 10.2. The molecule has 0 bridgehead atoms. The summed E-state index contributed by atoms with van der Waals surface area (Å²) in [4.78, 5) is 4.75. The monoisotopic (exact) mass is 413 g/mol. The second-order valence-electron chi connectivity index (χ2n) is 5.56. The minimum absolute atomic E-state index is 0.766. The second kappa shape index (κ2) is 8.26. The molecule has 0 saturated carbocycles. The predicted octanol–water partition coefficient (Wildman–Crippen LogP) is 6.00. The molecule has 2 heterocycles. The van der Waals surface area contributed by atoms with Crippen molar-refractivity contribution in [3.63, 3.8) is 0 Å². The van der Waals surface area contributed by atoms with Crippen LogP contribution >= 0.6 is 46.7 Å². The van der Waals surface area contributed by atoms with Gasteiger partial charge in [0.05, 0.1) is 16.4 Å². The Morgan fingerprint density at radius 1 is 1.00 bits per heavy atom. The summed E-state index contributed by atoms with van der Waals surface area (Å²) in [5.74, 6) is 0.808. The van der Waals surface area contributed by atoms with Gasteiger partial charge in [0.1, 0.15) is 0 Å². The molecule has 0 atom stereocenters. The van der Waals surface area contributed by atoms with Crippen molar-refractivity contribution in [1.29, 1.82) is 0 Å². The Morgan fingerprint density at radius 2 is 1.73 bits per heavy atom. The molecule has 0 aliphatic heterocycles. The molecule has 130 valence electrons. The molecule has 4 aromatic rings. The summed E-state index contributed by atoms with van der Waals surface area (Å²) >= 11 is 10.4. The molecule has 0 amide bonds. The number of nitrogens with zero attached hydrogens (tertiary/aromatic N) is 3. The Hall–Kier alpha value is -1.80. The number of thioether (sulfide) groups is 1. The third kappa shape index (κ3) is 4.29. The quantitative estimate of drug-likeness (QED) is 0.286. The Morgan fingerprint density at radius 3 is 2.50 bits per heavy atom. The summed E-state index contributed by atoms with van der Waals surface area (Å²) < 4.78 is 3.56. The third-order valence-corrected chi connectivity index (χ3v) is 6.97. The summed E-state index contributed by atoms with van der Waals surface area (Å²) in [6, 6.07) is 20.5. The highest BCUT2D eigenvalue weighted by atomic mass is 32.2. The van der Waals surface area contributed by atoms with E-state index < -0.39 is 0 Å². The lowest BCUT2D eigenvalue weighted by Gasteiger charge is -1.99. The van der Waals surface area contributed by atoms with Gasteiger partial charge in [-0.2, -0.15) is 0 Å². The van der Waals surface area contributed by atoms with Gasteiger partial charge in [0, 0.05) is 17.6 Å². The average Bonchev–Trinajstić information content (AvgIpc) is 3.28. The van der Waals surface area contributed by atoms with Gasteiger partial charge in [-0.25, -0.2) is 9.67 Å². The van der Waals surface area contributed by atoms with E-state index >= 15 is 0 Å². The fraction of sp³-hybridized carbons (Fsp3) is 0.105. The molecule has 2 aromatic carbocycles. The fourth-order valence-corrected chi connectivity index (χ4v) is 5.64. The second-order valence-corrected chi connectivity index (χ2v) is 9.35. The first-order valence-electron chi connectivity index (χ1n) is 8.03. The standard InChI is InChI=1S/C19H15N3S4/c23-19-22(16-9-5-2-6-10-16)21-18(26-19)25-13-15-12-24-17(20-15)11-14-7-3-1-4-8-14/h1-10,12H,11,13H2. The van der Waals surface area contributed by atoms with Crippen LogP contribution in [0.15, 0.2) is 70.4 Å². The number of hydrogen-bond acceptors (Lipinski definition) is 6. The van der Waals surface area contributed by atoms with Crippen LogP contribution in [-0.4, -0.2) is 14.8 Å². The molecule has 0 saturated heterocycles. The summed E-state index contributed by atoms with van der Waals surface area (Å²) in [5, 5.41) is 7.92. The summed E-state index contributed by atoms with van der Waals surface area (Å²) in [6.07, 6.45) is 0.887. The Kier molecular flexibility index (Phi) is 5.59. The third-order valence-electron chi connectivity index (χ3n) is 3.67. The van der Waals surface area contributed by atoms with Crippen molar-refractivity contribution >= 4 is 46.7 Å². The van der Waals surface area contributed by atoms with E-state index in [1.807, 2.05) is 41.1 Å². The van der Waals surface area contributed by atoms with Gasteiger partial charge in [-0.3, -0.25) is 0 Å². The highest BCUT2D eigenvalue weighted by Gasteiger charge is 2.09. The van der Waals surface area contributed by atoms with E-state index in [0.29, 0.717) is 0 Å². The maximum Gasteiger partial charge on any atom is 0.184 e. The Balaban J connectivity index is 1.41. The van der Waals surface area contributed by atoms with Crippen LogP contribution in [0.2, 0.25) is 0 Å². The van der Waals surface area contributed by atoms with Crippen molar-refractivity contribution in [2.75, 3.05) is 0 Å². The zero-order valence-electron chi connectivity index (χ0n) is 13.7.